The highest BCUT2D eigenvalue weighted by Gasteiger charge is 2.30. The van der Waals surface area contributed by atoms with E-state index in [1.54, 1.807) is 25.3 Å². The molecule has 3 atom stereocenters. The molecule has 3 unspecified atom stereocenters. The first kappa shape index (κ1) is 42.4. The third kappa shape index (κ3) is 11.3. The topological polar surface area (TPSA) is 141 Å². The average Bonchev–Trinajstić information content (AvgIpc) is 3.31. The molecule has 0 saturated carbocycles. The zero-order chi connectivity index (χ0) is 40.2. The van der Waals surface area contributed by atoms with Crippen molar-refractivity contribution in [1.29, 1.82) is 0 Å². The maximum atomic E-state index is 14.1. The van der Waals surface area contributed by atoms with Crippen LogP contribution in [0.15, 0.2) is 60.7 Å². The maximum absolute atomic E-state index is 14.1. The van der Waals surface area contributed by atoms with Gasteiger partial charge in [-0.3, -0.25) is 19.2 Å². The van der Waals surface area contributed by atoms with E-state index in [-0.39, 0.29) is 42.3 Å². The Kier molecular flexibility index (Phi) is 15.3. The summed E-state index contributed by atoms with van der Waals surface area (Å²) in [6.45, 7) is 9.93. The van der Waals surface area contributed by atoms with Gasteiger partial charge in [0, 0.05) is 18.4 Å². The zero-order valence-corrected chi connectivity index (χ0v) is 33.7. The lowest BCUT2D eigenvalue weighted by Crippen LogP contribution is -2.53. The van der Waals surface area contributed by atoms with Crippen LogP contribution >= 0.6 is 0 Å². The molecule has 3 N–H and O–H groups in total. The number of benzene rings is 3. The minimum absolute atomic E-state index is 0.0573. The molecular formula is C44H57N3O8. The number of hydrogen-bond donors (Lipinski definition) is 3. The van der Waals surface area contributed by atoms with E-state index in [1.165, 1.54) is 21.3 Å². The molecule has 11 nitrogen and oxygen atoms in total. The van der Waals surface area contributed by atoms with Crippen LogP contribution in [-0.4, -0.2) is 64.0 Å². The number of allylic oxidation sites excluding steroid dienone is 1. The van der Waals surface area contributed by atoms with E-state index in [4.69, 9.17) is 18.9 Å². The van der Waals surface area contributed by atoms with Crippen LogP contribution in [0.25, 0.3) is 5.57 Å². The second-order valence-corrected chi connectivity index (χ2v) is 15.0. The Morgan fingerprint density at radius 2 is 1.35 bits per heavy atom. The lowest BCUT2D eigenvalue weighted by atomic mass is 9.92. The highest BCUT2D eigenvalue weighted by Crippen LogP contribution is 2.47. The number of methoxy groups -OCH3 is 4. The molecular weight excluding hydrogens is 698 g/mol. The van der Waals surface area contributed by atoms with Gasteiger partial charge in [0.25, 0.3) is 0 Å². The van der Waals surface area contributed by atoms with Gasteiger partial charge in [0.05, 0.1) is 34.1 Å². The number of nitrogens with one attached hydrogen (secondary N) is 3. The van der Waals surface area contributed by atoms with Crippen molar-refractivity contribution in [2.75, 3.05) is 33.8 Å². The summed E-state index contributed by atoms with van der Waals surface area (Å²) in [5.41, 5.74) is 4.31. The largest absolute Gasteiger partial charge is 0.495 e. The van der Waals surface area contributed by atoms with Gasteiger partial charge in [-0.1, -0.05) is 71.0 Å². The minimum atomic E-state index is -0.912. The number of ether oxygens (including phenoxy) is 4. The Balaban J connectivity index is 1.60. The number of amides is 3. The van der Waals surface area contributed by atoms with Crippen LogP contribution in [0.4, 0.5) is 5.69 Å². The molecule has 0 bridgehead atoms. The Bertz CT molecular complexity index is 1850. The zero-order valence-electron chi connectivity index (χ0n) is 33.7. The van der Waals surface area contributed by atoms with Gasteiger partial charge in [0.2, 0.25) is 23.5 Å². The van der Waals surface area contributed by atoms with Crippen molar-refractivity contribution in [3.63, 3.8) is 0 Å². The van der Waals surface area contributed by atoms with Gasteiger partial charge in [-0.25, -0.2) is 0 Å². The van der Waals surface area contributed by atoms with E-state index < -0.39 is 23.9 Å². The van der Waals surface area contributed by atoms with Crippen molar-refractivity contribution in [2.45, 2.75) is 85.2 Å². The number of rotatable bonds is 18. The molecule has 0 radical (unpaired) electrons. The molecule has 3 aromatic rings. The van der Waals surface area contributed by atoms with Crippen molar-refractivity contribution in [1.82, 2.24) is 10.6 Å². The van der Waals surface area contributed by atoms with E-state index in [1.807, 2.05) is 77.1 Å². The molecule has 296 valence electrons. The highest BCUT2D eigenvalue weighted by atomic mass is 16.5. The summed E-state index contributed by atoms with van der Waals surface area (Å²) in [4.78, 5) is 54.2. The van der Waals surface area contributed by atoms with Gasteiger partial charge in [0.15, 0.2) is 17.3 Å². The van der Waals surface area contributed by atoms with Gasteiger partial charge in [-0.2, -0.15) is 0 Å². The maximum Gasteiger partial charge on any atom is 0.247 e. The monoisotopic (exact) mass is 755 g/mol. The fourth-order valence-electron chi connectivity index (χ4n) is 7.03. The molecule has 3 amide bonds. The van der Waals surface area contributed by atoms with Crippen LogP contribution in [0, 0.1) is 17.8 Å². The molecule has 0 heterocycles. The molecule has 1 aliphatic rings. The highest BCUT2D eigenvalue weighted by molar-refractivity contribution is 6.04. The summed E-state index contributed by atoms with van der Waals surface area (Å²) in [5, 5.41) is 8.89. The lowest BCUT2D eigenvalue weighted by molar-refractivity contribution is -0.131. The smallest absolute Gasteiger partial charge is 0.247 e. The molecule has 0 spiro atoms. The van der Waals surface area contributed by atoms with E-state index >= 15 is 0 Å². The van der Waals surface area contributed by atoms with Crippen molar-refractivity contribution >= 4 is 34.8 Å². The van der Waals surface area contributed by atoms with Gasteiger partial charge in [-0.05, 0) is 90.0 Å². The number of fused-ring (bicyclic) bond motifs is 1. The van der Waals surface area contributed by atoms with Crippen LogP contribution in [-0.2, 0) is 32.0 Å². The molecule has 1 aliphatic carbocycles. The van der Waals surface area contributed by atoms with E-state index in [9.17, 15) is 19.2 Å². The predicted molar refractivity (Wildman–Crippen MR) is 215 cm³/mol. The Morgan fingerprint density at radius 1 is 0.709 bits per heavy atom. The van der Waals surface area contributed by atoms with Gasteiger partial charge >= 0.3 is 0 Å². The second kappa shape index (κ2) is 19.8. The lowest BCUT2D eigenvalue weighted by Gasteiger charge is -2.26. The van der Waals surface area contributed by atoms with Crippen molar-refractivity contribution in [3.8, 4) is 23.0 Å². The van der Waals surface area contributed by atoms with E-state index in [0.717, 1.165) is 23.1 Å². The summed E-state index contributed by atoms with van der Waals surface area (Å²) < 4.78 is 22.7. The second-order valence-electron chi connectivity index (χ2n) is 15.0. The summed E-state index contributed by atoms with van der Waals surface area (Å²) in [6, 6.07) is 15.4. The SMILES string of the molecule is COc1ccc(C2=CC(=O)CCc3c2cc(OC)c(OC)c3OC)cc1NC(=O)C(CC(C)C)NC(=O)C(CC(C)C)NC(=O)CC(C)Cc1ccccc1. The van der Waals surface area contributed by atoms with Crippen molar-refractivity contribution < 1.29 is 38.1 Å². The van der Waals surface area contributed by atoms with Gasteiger partial charge in [-0.15, -0.1) is 0 Å². The Labute approximate surface area is 325 Å². The van der Waals surface area contributed by atoms with Crippen LogP contribution in [0.2, 0.25) is 0 Å². The molecule has 0 fully saturated rings. The minimum Gasteiger partial charge on any atom is -0.495 e. The first-order valence-electron chi connectivity index (χ1n) is 19.0. The van der Waals surface area contributed by atoms with Gasteiger partial charge < -0.3 is 34.9 Å². The molecule has 3 aromatic carbocycles. The Morgan fingerprint density at radius 3 is 1.95 bits per heavy atom. The number of carbonyl (C=O) groups is 4. The van der Waals surface area contributed by atoms with Crippen molar-refractivity contribution in [3.05, 3.63) is 82.9 Å². The van der Waals surface area contributed by atoms with Crippen LogP contribution in [0.1, 0.15) is 82.6 Å². The normalized spacial score (nSPS) is 14.2. The number of carbonyl (C=O) groups excluding carboxylic acids is 4. The first-order valence-corrected chi connectivity index (χ1v) is 19.0. The van der Waals surface area contributed by atoms with Crippen LogP contribution in [0.5, 0.6) is 23.0 Å². The Hall–Kier alpha value is -5.32. The number of hydrogen-bond acceptors (Lipinski definition) is 8. The summed E-state index contributed by atoms with van der Waals surface area (Å²) in [7, 11) is 6.13. The van der Waals surface area contributed by atoms with E-state index in [0.29, 0.717) is 59.1 Å². The van der Waals surface area contributed by atoms with Crippen LogP contribution < -0.4 is 34.9 Å². The van der Waals surface area contributed by atoms with Crippen LogP contribution in [0.3, 0.4) is 0 Å². The van der Waals surface area contributed by atoms with Gasteiger partial charge in [0.1, 0.15) is 17.8 Å². The summed E-state index contributed by atoms with van der Waals surface area (Å²) >= 11 is 0. The fraction of sp³-hybridized carbons (Fsp3) is 0.455. The molecule has 4 rings (SSSR count). The number of anilines is 1. The summed E-state index contributed by atoms with van der Waals surface area (Å²) in [5.74, 6) is 0.861. The molecule has 0 aromatic heterocycles. The number of ketones is 1. The molecule has 55 heavy (non-hydrogen) atoms. The predicted octanol–water partition coefficient (Wildman–Crippen LogP) is 6.94. The molecule has 0 saturated heterocycles. The third-order valence-electron chi connectivity index (χ3n) is 9.58. The molecule has 11 heteroatoms. The summed E-state index contributed by atoms with van der Waals surface area (Å²) in [6.07, 6.45) is 4.06. The third-order valence-corrected chi connectivity index (χ3v) is 9.58. The van der Waals surface area contributed by atoms with E-state index in [2.05, 4.69) is 16.0 Å². The fourth-order valence-corrected chi connectivity index (χ4v) is 7.03. The first-order chi connectivity index (χ1) is 26.3. The quantitative estimate of drug-likeness (QED) is 0.127. The van der Waals surface area contributed by atoms with Crippen molar-refractivity contribution in [2.24, 2.45) is 17.8 Å². The molecule has 0 aliphatic heterocycles. The standard InChI is InChI=1S/C44H57N3O8/c1-26(2)19-36(45-40(49)22-28(5)21-29-13-11-10-12-14-29)43(50)47-37(20-27(3)4)44(51)46-35-23-30(15-18-38(35)52-6)33-24-31(48)16-17-32-34(33)25-39(53-7)42(55-9)41(32)54-8/h10-15,18,23-28,36-37H,16-17,19-22H2,1-9H3,(H,45,49)(H,46,51)(H,47,50). The average molecular weight is 756 g/mol.